The van der Waals surface area contributed by atoms with Gasteiger partial charge in [-0.2, -0.15) is 5.26 Å². The molecule has 0 spiro atoms. The van der Waals surface area contributed by atoms with Crippen molar-refractivity contribution in [3.05, 3.63) is 24.3 Å². The van der Waals surface area contributed by atoms with Gasteiger partial charge in [0.1, 0.15) is 24.1 Å². The number of hydrogen-bond donors (Lipinski definition) is 1. The standard InChI is InChI=1S/C10H12N2O2/c1-13-9-3-2-4-10(5-9)14-7-8(12)6-11/h2-5,8H,7,12H2,1H3. The van der Waals surface area contributed by atoms with E-state index in [1.54, 1.807) is 19.2 Å². The average molecular weight is 192 g/mol. The van der Waals surface area contributed by atoms with Crippen LogP contribution >= 0.6 is 0 Å². The lowest BCUT2D eigenvalue weighted by Gasteiger charge is -2.08. The van der Waals surface area contributed by atoms with Crippen molar-refractivity contribution < 1.29 is 9.47 Å². The molecule has 0 aliphatic carbocycles. The SMILES string of the molecule is COc1cccc(OCC(N)C#N)c1. The second-order valence-electron chi connectivity index (χ2n) is 2.73. The quantitative estimate of drug-likeness (QED) is 0.770. The molecular formula is C10H12N2O2. The molecule has 0 saturated carbocycles. The normalized spacial score (nSPS) is 11.5. The molecule has 0 aromatic heterocycles. The van der Waals surface area contributed by atoms with E-state index >= 15 is 0 Å². The summed E-state index contributed by atoms with van der Waals surface area (Å²) in [6.07, 6.45) is 0. The van der Waals surface area contributed by atoms with Gasteiger partial charge in [0.2, 0.25) is 0 Å². The van der Waals surface area contributed by atoms with E-state index in [0.29, 0.717) is 11.5 Å². The number of ether oxygens (including phenoxy) is 2. The Morgan fingerprint density at radius 3 is 2.86 bits per heavy atom. The molecule has 1 aromatic rings. The zero-order valence-electron chi connectivity index (χ0n) is 7.93. The molecule has 4 heteroatoms. The Bertz CT molecular complexity index is 333. The van der Waals surface area contributed by atoms with Gasteiger partial charge in [-0.05, 0) is 12.1 Å². The summed E-state index contributed by atoms with van der Waals surface area (Å²) >= 11 is 0. The first-order chi connectivity index (χ1) is 6.76. The molecular weight excluding hydrogens is 180 g/mol. The Morgan fingerprint density at radius 2 is 2.21 bits per heavy atom. The van der Waals surface area contributed by atoms with Gasteiger partial charge in [-0.15, -0.1) is 0 Å². The molecule has 1 aromatic carbocycles. The van der Waals surface area contributed by atoms with Gasteiger partial charge in [0, 0.05) is 6.07 Å². The van der Waals surface area contributed by atoms with Gasteiger partial charge in [0.05, 0.1) is 13.2 Å². The van der Waals surface area contributed by atoms with Crippen LogP contribution in [0.25, 0.3) is 0 Å². The third-order valence-electron chi connectivity index (χ3n) is 1.64. The van der Waals surface area contributed by atoms with Crippen LogP contribution in [0.1, 0.15) is 0 Å². The van der Waals surface area contributed by atoms with Gasteiger partial charge in [0.15, 0.2) is 0 Å². The molecule has 4 nitrogen and oxygen atoms in total. The first-order valence-corrected chi connectivity index (χ1v) is 4.18. The molecule has 0 radical (unpaired) electrons. The zero-order valence-corrected chi connectivity index (χ0v) is 7.93. The van der Waals surface area contributed by atoms with E-state index < -0.39 is 6.04 Å². The maximum absolute atomic E-state index is 8.43. The van der Waals surface area contributed by atoms with E-state index in [1.165, 1.54) is 0 Å². The van der Waals surface area contributed by atoms with Gasteiger partial charge in [-0.25, -0.2) is 0 Å². The van der Waals surface area contributed by atoms with Crippen molar-refractivity contribution in [2.75, 3.05) is 13.7 Å². The maximum atomic E-state index is 8.43. The predicted octanol–water partition coefficient (Wildman–Crippen LogP) is 0.925. The molecule has 0 bridgehead atoms. The van der Waals surface area contributed by atoms with Crippen LogP contribution in [0.4, 0.5) is 0 Å². The van der Waals surface area contributed by atoms with Crippen molar-refractivity contribution in [1.29, 1.82) is 5.26 Å². The lowest BCUT2D eigenvalue weighted by molar-refractivity contribution is 0.306. The Morgan fingerprint density at radius 1 is 1.50 bits per heavy atom. The second kappa shape index (κ2) is 5.10. The molecule has 0 heterocycles. The highest BCUT2D eigenvalue weighted by atomic mass is 16.5. The smallest absolute Gasteiger partial charge is 0.127 e. The fourth-order valence-electron chi connectivity index (χ4n) is 0.914. The summed E-state index contributed by atoms with van der Waals surface area (Å²) in [5.74, 6) is 1.36. The van der Waals surface area contributed by atoms with Crippen molar-refractivity contribution in [2.45, 2.75) is 6.04 Å². The van der Waals surface area contributed by atoms with E-state index in [0.717, 1.165) is 0 Å². The number of rotatable bonds is 4. The Balaban J connectivity index is 2.55. The third-order valence-corrected chi connectivity index (χ3v) is 1.64. The second-order valence-corrected chi connectivity index (χ2v) is 2.73. The molecule has 1 unspecified atom stereocenters. The number of methoxy groups -OCH3 is 1. The van der Waals surface area contributed by atoms with Gasteiger partial charge >= 0.3 is 0 Å². The molecule has 1 rings (SSSR count). The minimum absolute atomic E-state index is 0.184. The summed E-state index contributed by atoms with van der Waals surface area (Å²) in [4.78, 5) is 0. The first-order valence-electron chi connectivity index (χ1n) is 4.18. The summed E-state index contributed by atoms with van der Waals surface area (Å²) in [5, 5.41) is 8.43. The van der Waals surface area contributed by atoms with Crippen molar-refractivity contribution in [3.63, 3.8) is 0 Å². The summed E-state index contributed by atoms with van der Waals surface area (Å²) in [6.45, 7) is 0.184. The van der Waals surface area contributed by atoms with E-state index in [-0.39, 0.29) is 6.61 Å². The minimum Gasteiger partial charge on any atom is -0.497 e. The number of nitrogens with zero attached hydrogens (tertiary/aromatic N) is 1. The molecule has 0 amide bonds. The number of benzene rings is 1. The van der Waals surface area contributed by atoms with Crippen molar-refractivity contribution >= 4 is 0 Å². The summed E-state index contributed by atoms with van der Waals surface area (Å²) < 4.78 is 10.3. The minimum atomic E-state index is -0.596. The number of hydrogen-bond acceptors (Lipinski definition) is 4. The lowest BCUT2D eigenvalue weighted by atomic mass is 10.3. The lowest BCUT2D eigenvalue weighted by Crippen LogP contribution is -2.25. The summed E-state index contributed by atoms with van der Waals surface area (Å²) in [6, 6.07) is 8.44. The Kier molecular flexibility index (Phi) is 3.77. The van der Waals surface area contributed by atoms with Crippen LogP contribution in [0.2, 0.25) is 0 Å². The van der Waals surface area contributed by atoms with Crippen LogP contribution in [0, 0.1) is 11.3 Å². The largest absolute Gasteiger partial charge is 0.497 e. The van der Waals surface area contributed by atoms with Crippen LogP contribution < -0.4 is 15.2 Å². The first kappa shape index (κ1) is 10.4. The van der Waals surface area contributed by atoms with Crippen LogP contribution in [0.15, 0.2) is 24.3 Å². The van der Waals surface area contributed by atoms with E-state index in [1.807, 2.05) is 18.2 Å². The molecule has 2 N–H and O–H groups in total. The summed E-state index contributed by atoms with van der Waals surface area (Å²) in [5.41, 5.74) is 5.37. The fraction of sp³-hybridized carbons (Fsp3) is 0.300. The van der Waals surface area contributed by atoms with Gasteiger partial charge < -0.3 is 15.2 Å². The van der Waals surface area contributed by atoms with Crippen molar-refractivity contribution in [3.8, 4) is 17.6 Å². The molecule has 0 aliphatic rings. The van der Waals surface area contributed by atoms with Gasteiger partial charge in [-0.3, -0.25) is 0 Å². The molecule has 0 aliphatic heterocycles. The highest BCUT2D eigenvalue weighted by Crippen LogP contribution is 2.18. The number of nitrogens with two attached hydrogens (primary N) is 1. The molecule has 1 atom stereocenters. The van der Waals surface area contributed by atoms with Crippen LogP contribution in [-0.2, 0) is 0 Å². The van der Waals surface area contributed by atoms with E-state index in [9.17, 15) is 0 Å². The Hall–Kier alpha value is -1.73. The van der Waals surface area contributed by atoms with E-state index in [4.69, 9.17) is 20.5 Å². The zero-order chi connectivity index (χ0) is 10.4. The third kappa shape index (κ3) is 2.96. The average Bonchev–Trinajstić information content (AvgIpc) is 2.26. The van der Waals surface area contributed by atoms with Gasteiger partial charge in [-0.1, -0.05) is 6.07 Å². The molecule has 0 fully saturated rings. The highest BCUT2D eigenvalue weighted by Gasteiger charge is 2.01. The summed E-state index contributed by atoms with van der Waals surface area (Å²) in [7, 11) is 1.58. The maximum Gasteiger partial charge on any atom is 0.127 e. The predicted molar refractivity (Wildman–Crippen MR) is 52.1 cm³/mol. The fourth-order valence-corrected chi connectivity index (χ4v) is 0.914. The molecule has 14 heavy (non-hydrogen) atoms. The van der Waals surface area contributed by atoms with Crippen LogP contribution in [0.3, 0.4) is 0 Å². The monoisotopic (exact) mass is 192 g/mol. The van der Waals surface area contributed by atoms with Crippen molar-refractivity contribution in [2.24, 2.45) is 5.73 Å². The molecule has 74 valence electrons. The Labute approximate surface area is 82.9 Å². The highest BCUT2D eigenvalue weighted by molar-refractivity contribution is 5.32. The van der Waals surface area contributed by atoms with Crippen molar-refractivity contribution in [1.82, 2.24) is 0 Å². The van der Waals surface area contributed by atoms with Gasteiger partial charge in [0.25, 0.3) is 0 Å². The van der Waals surface area contributed by atoms with E-state index in [2.05, 4.69) is 0 Å². The number of nitriles is 1. The molecule has 0 saturated heterocycles. The van der Waals surface area contributed by atoms with Crippen LogP contribution in [0.5, 0.6) is 11.5 Å². The topological polar surface area (TPSA) is 68.3 Å². The van der Waals surface area contributed by atoms with Crippen LogP contribution in [-0.4, -0.2) is 19.8 Å².